The lowest BCUT2D eigenvalue weighted by molar-refractivity contribution is -0.129. The Morgan fingerprint density at radius 1 is 1.32 bits per heavy atom. The molecule has 1 aromatic rings. The maximum absolute atomic E-state index is 12.6. The summed E-state index contributed by atoms with van der Waals surface area (Å²) in [7, 11) is 1.52. The summed E-state index contributed by atoms with van der Waals surface area (Å²) in [6.07, 6.45) is 4.04. The Morgan fingerprint density at radius 2 is 2.09 bits per heavy atom. The van der Waals surface area contributed by atoms with Gasteiger partial charge in [-0.3, -0.25) is 14.5 Å². The number of methoxy groups -OCH3 is 1. The molecule has 0 radical (unpaired) electrons. The Balaban J connectivity index is 1.92. The van der Waals surface area contributed by atoms with Gasteiger partial charge in [-0.2, -0.15) is 0 Å². The summed E-state index contributed by atoms with van der Waals surface area (Å²) in [6, 6.07) is 1.39. The van der Waals surface area contributed by atoms with E-state index in [0.717, 1.165) is 6.42 Å². The van der Waals surface area contributed by atoms with Gasteiger partial charge in [0.25, 0.3) is 5.91 Å². The molecular formula is C16H19NO5. The molecule has 1 saturated carbocycles. The summed E-state index contributed by atoms with van der Waals surface area (Å²) in [5.41, 5.74) is 0.615. The van der Waals surface area contributed by atoms with Crippen LogP contribution in [-0.4, -0.2) is 37.0 Å². The van der Waals surface area contributed by atoms with E-state index in [1.807, 2.05) is 0 Å². The molecule has 0 bridgehead atoms. The van der Waals surface area contributed by atoms with Crippen molar-refractivity contribution in [3.05, 3.63) is 33.4 Å². The number of nitrogens with zero attached hydrogens (tertiary/aromatic N) is 1. The molecule has 1 fully saturated rings. The minimum atomic E-state index is -0.490. The van der Waals surface area contributed by atoms with Gasteiger partial charge < -0.3 is 9.15 Å². The Morgan fingerprint density at radius 3 is 2.77 bits per heavy atom. The van der Waals surface area contributed by atoms with Crippen LogP contribution in [0.15, 0.2) is 15.3 Å². The number of ether oxygens (including phenoxy) is 1. The monoisotopic (exact) mass is 305 g/mol. The molecule has 2 amide bonds. The molecular weight excluding hydrogens is 286 g/mol. The minimum absolute atomic E-state index is 0.0443. The van der Waals surface area contributed by atoms with Crippen LogP contribution in [0.2, 0.25) is 0 Å². The molecule has 1 aliphatic carbocycles. The van der Waals surface area contributed by atoms with E-state index in [4.69, 9.17) is 9.15 Å². The Kier molecular flexibility index (Phi) is 4.11. The van der Waals surface area contributed by atoms with Gasteiger partial charge in [-0.25, -0.2) is 4.79 Å². The van der Waals surface area contributed by atoms with Crippen LogP contribution < -0.4 is 5.63 Å². The van der Waals surface area contributed by atoms with Crippen molar-refractivity contribution in [1.29, 1.82) is 0 Å². The second kappa shape index (κ2) is 6.04. The van der Waals surface area contributed by atoms with E-state index in [1.54, 1.807) is 0 Å². The van der Waals surface area contributed by atoms with Crippen LogP contribution >= 0.6 is 0 Å². The van der Waals surface area contributed by atoms with Crippen molar-refractivity contribution in [3.8, 4) is 0 Å². The van der Waals surface area contributed by atoms with Crippen LogP contribution in [-0.2, 0) is 22.4 Å². The van der Waals surface area contributed by atoms with Crippen molar-refractivity contribution >= 4 is 11.8 Å². The Hall–Kier alpha value is -1.95. The van der Waals surface area contributed by atoms with Gasteiger partial charge in [0.2, 0.25) is 5.91 Å². The normalized spacial score (nSPS) is 17.8. The third-order valence-corrected chi connectivity index (χ3v) is 4.23. The maximum Gasteiger partial charge on any atom is 0.336 e. The van der Waals surface area contributed by atoms with E-state index in [0.29, 0.717) is 30.1 Å². The SMILES string of the molecule is COCCN1C(=O)Cc2oc(=O)cc(CCC3CC3)c2C1=O. The number of hydrogen-bond acceptors (Lipinski definition) is 5. The predicted octanol–water partition coefficient (Wildman–Crippen LogP) is 1.15. The van der Waals surface area contributed by atoms with Crippen molar-refractivity contribution in [3.63, 3.8) is 0 Å². The van der Waals surface area contributed by atoms with Gasteiger partial charge in [0.05, 0.1) is 25.1 Å². The quantitative estimate of drug-likeness (QED) is 0.737. The average Bonchev–Trinajstić information content (AvgIpc) is 3.28. The van der Waals surface area contributed by atoms with Gasteiger partial charge in [0.15, 0.2) is 0 Å². The molecule has 2 heterocycles. The largest absolute Gasteiger partial charge is 0.426 e. The van der Waals surface area contributed by atoms with Crippen LogP contribution in [0.1, 0.15) is 40.9 Å². The molecule has 0 spiro atoms. The van der Waals surface area contributed by atoms with Gasteiger partial charge in [-0.15, -0.1) is 0 Å². The highest BCUT2D eigenvalue weighted by molar-refractivity contribution is 6.09. The second-order valence-electron chi connectivity index (χ2n) is 5.89. The first-order valence-corrected chi connectivity index (χ1v) is 7.59. The van der Waals surface area contributed by atoms with Crippen LogP contribution in [0.4, 0.5) is 0 Å². The number of carbonyl (C=O) groups is 2. The summed E-state index contributed by atoms with van der Waals surface area (Å²) >= 11 is 0. The maximum atomic E-state index is 12.6. The highest BCUT2D eigenvalue weighted by Gasteiger charge is 2.35. The van der Waals surface area contributed by atoms with Crippen LogP contribution in [0.5, 0.6) is 0 Å². The van der Waals surface area contributed by atoms with Gasteiger partial charge in [0, 0.05) is 13.2 Å². The molecule has 0 atom stereocenters. The third kappa shape index (κ3) is 2.97. The number of hydrogen-bond donors (Lipinski definition) is 0. The molecule has 0 saturated heterocycles. The first-order valence-electron chi connectivity index (χ1n) is 7.59. The molecule has 1 aromatic heterocycles. The molecule has 2 aliphatic rings. The fraction of sp³-hybridized carbons (Fsp3) is 0.562. The predicted molar refractivity (Wildman–Crippen MR) is 77.6 cm³/mol. The highest BCUT2D eigenvalue weighted by atomic mass is 16.5. The van der Waals surface area contributed by atoms with Crippen molar-refractivity contribution in [2.75, 3.05) is 20.3 Å². The van der Waals surface area contributed by atoms with E-state index >= 15 is 0 Å². The zero-order valence-electron chi connectivity index (χ0n) is 12.6. The lowest BCUT2D eigenvalue weighted by Gasteiger charge is -2.26. The summed E-state index contributed by atoms with van der Waals surface area (Å²) < 4.78 is 10.0. The molecule has 1 aliphatic heterocycles. The summed E-state index contributed by atoms with van der Waals surface area (Å²) in [6.45, 7) is 0.510. The van der Waals surface area contributed by atoms with Crippen molar-refractivity contribution < 1.29 is 18.7 Å². The van der Waals surface area contributed by atoms with Gasteiger partial charge in [-0.1, -0.05) is 12.8 Å². The molecule has 6 heteroatoms. The van der Waals surface area contributed by atoms with Crippen molar-refractivity contribution in [2.24, 2.45) is 5.92 Å². The van der Waals surface area contributed by atoms with Crippen molar-refractivity contribution in [2.45, 2.75) is 32.1 Å². The van der Waals surface area contributed by atoms with Crippen LogP contribution in [0.3, 0.4) is 0 Å². The highest BCUT2D eigenvalue weighted by Crippen LogP contribution is 2.34. The van der Waals surface area contributed by atoms with E-state index < -0.39 is 5.63 Å². The minimum Gasteiger partial charge on any atom is -0.426 e. The molecule has 22 heavy (non-hydrogen) atoms. The average molecular weight is 305 g/mol. The van der Waals surface area contributed by atoms with E-state index in [2.05, 4.69) is 0 Å². The first-order chi connectivity index (χ1) is 10.6. The second-order valence-corrected chi connectivity index (χ2v) is 5.89. The smallest absolute Gasteiger partial charge is 0.336 e. The molecule has 0 aromatic carbocycles. The van der Waals surface area contributed by atoms with Crippen LogP contribution in [0.25, 0.3) is 0 Å². The number of rotatable bonds is 6. The molecule has 3 rings (SSSR count). The first kappa shape index (κ1) is 15.0. The number of amides is 2. The Bertz CT molecular complexity index is 659. The zero-order chi connectivity index (χ0) is 15.7. The zero-order valence-corrected chi connectivity index (χ0v) is 12.6. The molecule has 0 unspecified atom stereocenters. The third-order valence-electron chi connectivity index (χ3n) is 4.23. The molecule has 6 nitrogen and oxygen atoms in total. The van der Waals surface area contributed by atoms with Gasteiger partial charge in [-0.05, 0) is 24.3 Å². The summed E-state index contributed by atoms with van der Waals surface area (Å²) in [5, 5.41) is 0. The topological polar surface area (TPSA) is 76.8 Å². The number of carbonyl (C=O) groups excluding carboxylic acids is 2. The molecule has 0 N–H and O–H groups in total. The summed E-state index contributed by atoms with van der Waals surface area (Å²) in [5.74, 6) is 0.185. The van der Waals surface area contributed by atoms with Gasteiger partial charge >= 0.3 is 5.63 Å². The summed E-state index contributed by atoms with van der Waals surface area (Å²) in [4.78, 5) is 37.5. The van der Waals surface area contributed by atoms with E-state index in [1.165, 1.54) is 30.9 Å². The Labute approximate surface area is 128 Å². The molecule has 118 valence electrons. The standard InChI is InChI=1S/C16H19NO5/c1-21-7-6-17-13(18)9-12-15(16(17)20)11(8-14(19)22-12)5-4-10-2-3-10/h8,10H,2-7,9H2,1H3. The van der Waals surface area contributed by atoms with Crippen LogP contribution in [0, 0.1) is 5.92 Å². The van der Waals surface area contributed by atoms with Crippen molar-refractivity contribution in [1.82, 2.24) is 4.90 Å². The number of aryl methyl sites for hydroxylation is 1. The number of imide groups is 1. The lowest BCUT2D eigenvalue weighted by atomic mass is 9.96. The van der Waals surface area contributed by atoms with Gasteiger partial charge in [0.1, 0.15) is 5.76 Å². The van der Waals surface area contributed by atoms with E-state index in [9.17, 15) is 14.4 Å². The lowest BCUT2D eigenvalue weighted by Crippen LogP contribution is -2.44. The van der Waals surface area contributed by atoms with E-state index in [-0.39, 0.29) is 30.5 Å². The number of fused-ring (bicyclic) bond motifs is 1. The fourth-order valence-electron chi connectivity index (χ4n) is 2.83. The fourth-order valence-corrected chi connectivity index (χ4v) is 2.83.